The molecule has 0 saturated carbocycles. The van der Waals surface area contributed by atoms with Crippen molar-refractivity contribution in [2.45, 2.75) is 45.2 Å². The molecule has 3 rings (SSSR count). The van der Waals surface area contributed by atoms with Gasteiger partial charge in [-0.05, 0) is 33.2 Å². The Bertz CT molecular complexity index is 509. The molecular weight excluding hydrogens is 242 g/mol. The lowest BCUT2D eigenvalue weighted by molar-refractivity contribution is -0.142. The van der Waals surface area contributed by atoms with E-state index in [2.05, 4.69) is 23.8 Å². The Morgan fingerprint density at radius 2 is 2.05 bits per heavy atom. The van der Waals surface area contributed by atoms with Crippen LogP contribution < -0.4 is 0 Å². The first-order chi connectivity index (χ1) is 9.09. The molecule has 104 valence electrons. The molecule has 2 saturated heterocycles. The Labute approximate surface area is 113 Å². The van der Waals surface area contributed by atoms with Crippen LogP contribution >= 0.6 is 0 Å². The molecule has 2 fully saturated rings. The maximum Gasteiger partial charge on any atom is 0.323 e. The molecule has 0 spiro atoms. The molecule has 3 heterocycles. The second-order valence-electron chi connectivity index (χ2n) is 5.58. The normalized spacial score (nSPS) is 28.1. The van der Waals surface area contributed by atoms with Crippen molar-refractivity contribution in [1.82, 2.24) is 14.7 Å². The first-order valence-electron chi connectivity index (χ1n) is 7.02. The third-order valence-electron chi connectivity index (χ3n) is 4.50. The van der Waals surface area contributed by atoms with Crippen molar-refractivity contribution in [2.75, 3.05) is 13.2 Å². The molecule has 0 N–H and O–H groups in total. The second-order valence-corrected chi connectivity index (χ2v) is 5.58. The van der Waals surface area contributed by atoms with E-state index in [-0.39, 0.29) is 12.0 Å². The third-order valence-corrected chi connectivity index (χ3v) is 4.50. The van der Waals surface area contributed by atoms with Gasteiger partial charge in [-0.25, -0.2) is 0 Å². The zero-order chi connectivity index (χ0) is 13.6. The topological polar surface area (TPSA) is 47.4 Å². The third kappa shape index (κ3) is 1.96. The maximum atomic E-state index is 11.8. The fourth-order valence-corrected chi connectivity index (χ4v) is 3.53. The van der Waals surface area contributed by atoms with Gasteiger partial charge in [0.1, 0.15) is 6.04 Å². The monoisotopic (exact) mass is 263 g/mol. The fraction of sp³-hybridized carbons (Fsp3) is 0.714. The Morgan fingerprint density at radius 3 is 2.63 bits per heavy atom. The van der Waals surface area contributed by atoms with Crippen LogP contribution in [0.4, 0.5) is 0 Å². The Morgan fingerprint density at radius 1 is 1.26 bits per heavy atom. The summed E-state index contributed by atoms with van der Waals surface area (Å²) in [6.07, 6.45) is 3.08. The largest absolute Gasteiger partial charge is 0.464 e. The lowest BCUT2D eigenvalue weighted by Gasteiger charge is -2.28. The van der Waals surface area contributed by atoms with Gasteiger partial charge in [-0.3, -0.25) is 14.4 Å². The first-order valence-corrected chi connectivity index (χ1v) is 7.02. The molecule has 2 aliphatic rings. The van der Waals surface area contributed by atoms with E-state index in [4.69, 9.17) is 4.74 Å². The number of ether oxygens (including phenoxy) is 1. The van der Waals surface area contributed by atoms with Crippen LogP contribution in [-0.2, 0) is 16.6 Å². The summed E-state index contributed by atoms with van der Waals surface area (Å²) in [6, 6.07) is 0.274. The molecule has 2 aliphatic heterocycles. The molecule has 0 radical (unpaired) electrons. The summed E-state index contributed by atoms with van der Waals surface area (Å²) in [4.78, 5) is 14.2. The summed E-state index contributed by atoms with van der Waals surface area (Å²) in [5.74, 6) is -0.0499. The van der Waals surface area contributed by atoms with E-state index in [1.54, 1.807) is 0 Å². The zero-order valence-corrected chi connectivity index (χ0v) is 11.8. The van der Waals surface area contributed by atoms with Gasteiger partial charge in [0.15, 0.2) is 0 Å². The van der Waals surface area contributed by atoms with Crippen LogP contribution in [0.3, 0.4) is 0 Å². The number of carbonyl (C=O) groups excluding carboxylic acids is 1. The summed E-state index contributed by atoms with van der Waals surface area (Å²) < 4.78 is 7.06. The van der Waals surface area contributed by atoms with Crippen molar-refractivity contribution in [3.8, 4) is 0 Å². The summed E-state index contributed by atoms with van der Waals surface area (Å²) in [5, 5.41) is 4.51. The highest BCUT2D eigenvalue weighted by Crippen LogP contribution is 2.38. The smallest absolute Gasteiger partial charge is 0.323 e. The van der Waals surface area contributed by atoms with Crippen LogP contribution in [0.2, 0.25) is 0 Å². The highest BCUT2D eigenvalue weighted by molar-refractivity contribution is 5.77. The predicted octanol–water partition coefficient (Wildman–Crippen LogP) is 1.49. The van der Waals surface area contributed by atoms with Crippen molar-refractivity contribution in [2.24, 2.45) is 7.05 Å². The summed E-state index contributed by atoms with van der Waals surface area (Å²) in [5.41, 5.74) is 3.60. The van der Waals surface area contributed by atoms with Gasteiger partial charge in [0, 0.05) is 30.8 Å². The molecule has 0 amide bonds. The molecule has 0 bridgehead atoms. The maximum absolute atomic E-state index is 11.8. The van der Waals surface area contributed by atoms with Crippen molar-refractivity contribution in [3.63, 3.8) is 0 Å². The number of aromatic nitrogens is 2. The number of hydrogen-bond acceptors (Lipinski definition) is 4. The highest BCUT2D eigenvalue weighted by Gasteiger charge is 2.40. The van der Waals surface area contributed by atoms with Crippen molar-refractivity contribution < 1.29 is 9.53 Å². The van der Waals surface area contributed by atoms with Crippen LogP contribution in [0, 0.1) is 13.8 Å². The Balaban J connectivity index is 1.93. The minimum atomic E-state index is -0.0499. The van der Waals surface area contributed by atoms with E-state index in [9.17, 15) is 4.79 Å². The van der Waals surface area contributed by atoms with Crippen molar-refractivity contribution in [3.05, 3.63) is 17.0 Å². The van der Waals surface area contributed by atoms with E-state index >= 15 is 0 Å². The average Bonchev–Trinajstić information content (AvgIpc) is 3.02. The summed E-state index contributed by atoms with van der Waals surface area (Å²) >= 11 is 0. The molecule has 0 aliphatic carbocycles. The molecule has 5 heteroatoms. The van der Waals surface area contributed by atoms with Gasteiger partial charge in [0.25, 0.3) is 0 Å². The number of rotatable bonds is 2. The molecule has 1 aromatic rings. The number of likely N-dealkylation sites (tertiary alicyclic amines) is 1. The van der Waals surface area contributed by atoms with Gasteiger partial charge >= 0.3 is 5.97 Å². The molecule has 0 aromatic carbocycles. The Kier molecular flexibility index (Phi) is 3.09. The summed E-state index contributed by atoms with van der Waals surface area (Å²) in [7, 11) is 1.98. The van der Waals surface area contributed by atoms with Crippen LogP contribution in [-0.4, -0.2) is 39.8 Å². The molecule has 1 aromatic heterocycles. The highest BCUT2D eigenvalue weighted by atomic mass is 16.5. The molecule has 0 unspecified atom stereocenters. The van der Waals surface area contributed by atoms with Gasteiger partial charge < -0.3 is 4.74 Å². The van der Waals surface area contributed by atoms with Crippen LogP contribution in [0.5, 0.6) is 0 Å². The van der Waals surface area contributed by atoms with Crippen LogP contribution in [0.15, 0.2) is 0 Å². The van der Waals surface area contributed by atoms with Gasteiger partial charge in [0.05, 0.1) is 12.3 Å². The van der Waals surface area contributed by atoms with Crippen LogP contribution in [0.25, 0.3) is 0 Å². The number of esters is 1. The van der Waals surface area contributed by atoms with Crippen LogP contribution in [0.1, 0.15) is 42.3 Å². The predicted molar refractivity (Wildman–Crippen MR) is 70.7 cm³/mol. The lowest BCUT2D eigenvalue weighted by atomic mass is 10.0. The van der Waals surface area contributed by atoms with Crippen molar-refractivity contribution >= 4 is 5.97 Å². The fourth-order valence-electron chi connectivity index (χ4n) is 3.53. The van der Waals surface area contributed by atoms with E-state index in [0.717, 1.165) is 31.5 Å². The first kappa shape index (κ1) is 12.7. The van der Waals surface area contributed by atoms with Gasteiger partial charge in [-0.15, -0.1) is 0 Å². The Hall–Kier alpha value is -1.36. The molecular formula is C14H21N3O2. The minimum Gasteiger partial charge on any atom is -0.464 e. The minimum absolute atomic E-state index is 0.0495. The number of carbonyl (C=O) groups is 1. The zero-order valence-electron chi connectivity index (χ0n) is 11.8. The molecule has 2 atom stereocenters. The number of cyclic esters (lactones) is 1. The SMILES string of the molecule is Cc1nn(C)c(C)c1[C@H]1CCCN1[C@H]1CCOC1=O. The lowest BCUT2D eigenvalue weighted by Crippen LogP contribution is -2.38. The van der Waals surface area contributed by atoms with E-state index in [0.29, 0.717) is 12.6 Å². The quantitative estimate of drug-likeness (QED) is 0.758. The van der Waals surface area contributed by atoms with E-state index in [1.165, 1.54) is 11.3 Å². The number of hydrogen-bond donors (Lipinski definition) is 0. The summed E-state index contributed by atoms with van der Waals surface area (Å²) in [6.45, 7) is 5.72. The van der Waals surface area contributed by atoms with Gasteiger partial charge in [-0.2, -0.15) is 5.10 Å². The average molecular weight is 263 g/mol. The second kappa shape index (κ2) is 4.63. The number of aryl methyl sites for hydroxylation is 2. The molecule has 5 nitrogen and oxygen atoms in total. The van der Waals surface area contributed by atoms with E-state index in [1.807, 2.05) is 11.7 Å². The van der Waals surface area contributed by atoms with Gasteiger partial charge in [0.2, 0.25) is 0 Å². The standard InChI is InChI=1S/C14H21N3O2/c1-9-13(10(2)16(3)15-9)11-5-4-7-17(11)12-6-8-19-14(12)18/h11-12H,4-8H2,1-3H3/t11-,12+/m1/s1. The number of nitrogens with zero attached hydrogens (tertiary/aromatic N) is 3. The van der Waals surface area contributed by atoms with Crippen molar-refractivity contribution in [1.29, 1.82) is 0 Å². The van der Waals surface area contributed by atoms with Gasteiger partial charge in [-0.1, -0.05) is 0 Å². The molecule has 19 heavy (non-hydrogen) atoms. The van der Waals surface area contributed by atoms with E-state index < -0.39 is 0 Å².